The minimum absolute atomic E-state index is 0.0156. The molecule has 0 saturated heterocycles. The van der Waals surface area contributed by atoms with Gasteiger partial charge < -0.3 is 11.1 Å². The second kappa shape index (κ2) is 6.72. The van der Waals surface area contributed by atoms with Crippen LogP contribution in [0.15, 0.2) is 28.7 Å². The molecule has 3 nitrogen and oxygen atoms in total. The Hall–Kier alpha value is -0.870. The molecule has 1 saturated carbocycles. The van der Waals surface area contributed by atoms with Crippen LogP contribution in [0.3, 0.4) is 0 Å². The monoisotopic (exact) mass is 338 g/mol. The van der Waals surface area contributed by atoms with Gasteiger partial charge in [0.1, 0.15) is 0 Å². The molecule has 0 radical (unpaired) electrons. The first-order valence-electron chi connectivity index (χ1n) is 7.34. The van der Waals surface area contributed by atoms with Crippen molar-refractivity contribution in [1.29, 1.82) is 0 Å². The first-order valence-corrected chi connectivity index (χ1v) is 8.13. The lowest BCUT2D eigenvalue weighted by molar-refractivity contribution is -0.128. The Morgan fingerprint density at radius 3 is 2.50 bits per heavy atom. The van der Waals surface area contributed by atoms with Gasteiger partial charge in [-0.05, 0) is 43.9 Å². The topological polar surface area (TPSA) is 55.1 Å². The number of carbonyl (C=O) groups is 1. The Morgan fingerprint density at radius 2 is 1.90 bits per heavy atom. The molecule has 3 N–H and O–H groups in total. The number of halogens is 1. The van der Waals surface area contributed by atoms with Crippen LogP contribution in [-0.4, -0.2) is 17.5 Å². The van der Waals surface area contributed by atoms with Crippen LogP contribution in [-0.2, 0) is 11.2 Å². The number of nitrogens with one attached hydrogen (secondary N) is 1. The van der Waals surface area contributed by atoms with Gasteiger partial charge >= 0.3 is 0 Å². The van der Waals surface area contributed by atoms with E-state index in [4.69, 9.17) is 5.73 Å². The van der Waals surface area contributed by atoms with E-state index in [1.165, 1.54) is 12.0 Å². The second-order valence-electron chi connectivity index (χ2n) is 5.92. The summed E-state index contributed by atoms with van der Waals surface area (Å²) >= 11 is 3.42. The van der Waals surface area contributed by atoms with Crippen molar-refractivity contribution in [3.63, 3.8) is 0 Å². The van der Waals surface area contributed by atoms with E-state index in [9.17, 15) is 4.79 Å². The quantitative estimate of drug-likeness (QED) is 0.885. The fourth-order valence-electron chi connectivity index (χ4n) is 2.80. The van der Waals surface area contributed by atoms with Gasteiger partial charge in [0.25, 0.3) is 0 Å². The molecule has 0 bridgehead atoms. The highest BCUT2D eigenvalue weighted by Gasteiger charge is 2.35. The van der Waals surface area contributed by atoms with E-state index in [2.05, 4.69) is 33.4 Å². The summed E-state index contributed by atoms with van der Waals surface area (Å²) in [6.07, 6.45) is 5.76. The number of benzene rings is 1. The molecule has 1 fully saturated rings. The van der Waals surface area contributed by atoms with Crippen molar-refractivity contribution < 1.29 is 4.79 Å². The molecule has 0 heterocycles. The van der Waals surface area contributed by atoms with Crippen LogP contribution in [0.1, 0.15) is 44.6 Å². The molecule has 1 aromatic rings. The lowest BCUT2D eigenvalue weighted by Crippen LogP contribution is -2.56. The van der Waals surface area contributed by atoms with E-state index in [-0.39, 0.29) is 11.9 Å². The van der Waals surface area contributed by atoms with E-state index in [0.717, 1.165) is 36.6 Å². The minimum atomic E-state index is -0.647. The van der Waals surface area contributed by atoms with E-state index >= 15 is 0 Å². The molecule has 1 atom stereocenters. The lowest BCUT2D eigenvalue weighted by atomic mass is 9.81. The lowest BCUT2D eigenvalue weighted by Gasteiger charge is -2.33. The first kappa shape index (κ1) is 15.5. The number of carbonyl (C=O) groups excluding carboxylic acids is 1. The zero-order valence-electron chi connectivity index (χ0n) is 12.0. The van der Waals surface area contributed by atoms with Crippen LogP contribution >= 0.6 is 15.9 Å². The van der Waals surface area contributed by atoms with Crippen LogP contribution in [0.25, 0.3) is 0 Å². The molecule has 4 heteroatoms. The molecule has 0 aliphatic heterocycles. The van der Waals surface area contributed by atoms with Gasteiger partial charge in [0.05, 0.1) is 5.54 Å². The van der Waals surface area contributed by atoms with Gasteiger partial charge in [-0.3, -0.25) is 4.79 Å². The third-order valence-corrected chi connectivity index (χ3v) is 4.56. The summed E-state index contributed by atoms with van der Waals surface area (Å²) in [6, 6.07) is 8.30. The highest BCUT2D eigenvalue weighted by molar-refractivity contribution is 9.10. The van der Waals surface area contributed by atoms with E-state index < -0.39 is 5.54 Å². The molecule has 1 amide bonds. The van der Waals surface area contributed by atoms with Crippen molar-refractivity contribution in [3.8, 4) is 0 Å². The van der Waals surface area contributed by atoms with Crippen molar-refractivity contribution in [2.75, 3.05) is 0 Å². The summed E-state index contributed by atoms with van der Waals surface area (Å²) in [5.41, 5.74) is 6.82. The van der Waals surface area contributed by atoms with E-state index in [1.54, 1.807) is 0 Å². The number of hydrogen-bond acceptors (Lipinski definition) is 2. The second-order valence-corrected chi connectivity index (χ2v) is 6.84. The van der Waals surface area contributed by atoms with Gasteiger partial charge in [0.15, 0.2) is 0 Å². The molecule has 2 rings (SSSR count). The van der Waals surface area contributed by atoms with Crippen LogP contribution in [0.2, 0.25) is 0 Å². The van der Waals surface area contributed by atoms with Crippen LogP contribution < -0.4 is 11.1 Å². The van der Waals surface area contributed by atoms with Gasteiger partial charge in [-0.1, -0.05) is 47.3 Å². The van der Waals surface area contributed by atoms with Gasteiger partial charge in [0.2, 0.25) is 5.91 Å². The molecular weight excluding hydrogens is 316 g/mol. The molecule has 1 aliphatic carbocycles. The van der Waals surface area contributed by atoms with Crippen LogP contribution in [0.5, 0.6) is 0 Å². The van der Waals surface area contributed by atoms with Gasteiger partial charge in [-0.2, -0.15) is 0 Å². The average Bonchev–Trinajstić information content (AvgIpc) is 2.42. The van der Waals surface area contributed by atoms with Crippen molar-refractivity contribution in [3.05, 3.63) is 34.3 Å². The Morgan fingerprint density at radius 1 is 1.30 bits per heavy atom. The summed E-state index contributed by atoms with van der Waals surface area (Å²) in [7, 11) is 0. The highest BCUT2D eigenvalue weighted by atomic mass is 79.9. The maximum absolute atomic E-state index is 12.3. The third kappa shape index (κ3) is 4.06. The van der Waals surface area contributed by atoms with Crippen molar-refractivity contribution >= 4 is 21.8 Å². The van der Waals surface area contributed by atoms with Crippen molar-refractivity contribution in [2.24, 2.45) is 5.73 Å². The Bertz CT molecular complexity index is 452. The van der Waals surface area contributed by atoms with E-state index in [0.29, 0.717) is 0 Å². The molecule has 0 aromatic heterocycles. The number of amides is 1. The number of hydrogen-bond donors (Lipinski definition) is 2. The van der Waals surface area contributed by atoms with E-state index in [1.807, 2.05) is 19.1 Å². The summed E-state index contributed by atoms with van der Waals surface area (Å²) in [6.45, 7) is 2.03. The standard InChI is InChI=1S/C16H23BrN2O/c1-12(11-13-5-7-14(17)8-6-13)19-15(20)16(18)9-3-2-4-10-16/h5-8,12H,2-4,9-11,18H2,1H3,(H,19,20). The maximum Gasteiger partial charge on any atom is 0.240 e. The van der Waals surface area contributed by atoms with Crippen molar-refractivity contribution in [1.82, 2.24) is 5.32 Å². The fraction of sp³-hybridized carbons (Fsp3) is 0.562. The molecule has 110 valence electrons. The summed E-state index contributed by atoms with van der Waals surface area (Å²) in [5, 5.41) is 3.08. The molecule has 1 aromatic carbocycles. The molecule has 1 unspecified atom stereocenters. The Labute approximate surface area is 129 Å². The normalized spacial score (nSPS) is 19.4. The first-order chi connectivity index (χ1) is 9.49. The fourth-order valence-corrected chi connectivity index (χ4v) is 3.07. The Kier molecular flexibility index (Phi) is 5.22. The molecular formula is C16H23BrN2O. The van der Waals surface area contributed by atoms with Crippen LogP contribution in [0.4, 0.5) is 0 Å². The number of rotatable bonds is 4. The number of nitrogens with two attached hydrogens (primary N) is 1. The zero-order chi connectivity index (χ0) is 14.6. The smallest absolute Gasteiger partial charge is 0.240 e. The third-order valence-electron chi connectivity index (χ3n) is 4.03. The van der Waals surface area contributed by atoms with Crippen molar-refractivity contribution in [2.45, 2.75) is 57.0 Å². The SMILES string of the molecule is CC(Cc1ccc(Br)cc1)NC(=O)C1(N)CCCCC1. The zero-order valence-corrected chi connectivity index (χ0v) is 13.6. The highest BCUT2D eigenvalue weighted by Crippen LogP contribution is 2.26. The Balaban J connectivity index is 1.88. The van der Waals surface area contributed by atoms with Gasteiger partial charge in [-0.25, -0.2) is 0 Å². The largest absolute Gasteiger partial charge is 0.352 e. The van der Waals surface area contributed by atoms with Crippen LogP contribution in [0, 0.1) is 0 Å². The van der Waals surface area contributed by atoms with Gasteiger partial charge in [-0.15, -0.1) is 0 Å². The molecule has 20 heavy (non-hydrogen) atoms. The predicted molar refractivity (Wildman–Crippen MR) is 85.5 cm³/mol. The summed E-state index contributed by atoms with van der Waals surface area (Å²) in [4.78, 5) is 12.3. The maximum atomic E-state index is 12.3. The van der Waals surface area contributed by atoms with Gasteiger partial charge in [0, 0.05) is 10.5 Å². The molecule has 0 spiro atoms. The minimum Gasteiger partial charge on any atom is -0.352 e. The summed E-state index contributed by atoms with van der Waals surface area (Å²) < 4.78 is 1.07. The molecule has 1 aliphatic rings. The average molecular weight is 339 g/mol. The predicted octanol–water partition coefficient (Wildman–Crippen LogP) is 3.16. The summed E-state index contributed by atoms with van der Waals surface area (Å²) in [5.74, 6) is 0.0156.